The number of fused-ring (bicyclic) bond motifs is 1. The molecule has 0 bridgehead atoms. The lowest BCUT2D eigenvalue weighted by Crippen LogP contribution is -1.86. The molecule has 0 amide bonds. The van der Waals surface area contributed by atoms with Crippen molar-refractivity contribution in [3.05, 3.63) is 115 Å². The smallest absolute Gasteiger partial charge is 0.123 e. The molecule has 4 aromatic carbocycles. The van der Waals surface area contributed by atoms with Crippen LogP contribution in [0, 0.1) is 11.6 Å². The largest absolute Gasteiger partial charge is 0.256 e. The van der Waals surface area contributed by atoms with Gasteiger partial charge in [0.25, 0.3) is 0 Å². The highest BCUT2D eigenvalue weighted by atomic mass is 19.1. The molecule has 0 spiro atoms. The Morgan fingerprint density at radius 2 is 0.900 bits per heavy atom. The van der Waals surface area contributed by atoms with E-state index in [4.69, 9.17) is 0 Å². The van der Waals surface area contributed by atoms with Crippen LogP contribution in [0.4, 0.5) is 8.78 Å². The maximum Gasteiger partial charge on any atom is 0.123 e. The lowest BCUT2D eigenvalue weighted by molar-refractivity contribution is 0.627. The van der Waals surface area contributed by atoms with Gasteiger partial charge in [0.15, 0.2) is 0 Å². The van der Waals surface area contributed by atoms with Crippen molar-refractivity contribution in [3.63, 3.8) is 0 Å². The van der Waals surface area contributed by atoms with Gasteiger partial charge in [0, 0.05) is 17.3 Å². The second-order valence-corrected chi connectivity index (χ2v) is 7.22. The third-order valence-corrected chi connectivity index (χ3v) is 5.25. The SMILES string of the molecule is Fc1ccc(-c2ccc3cc(-c4ccc(-c5ccc(F)cc5)nc4)ccc3c2)cc1. The van der Waals surface area contributed by atoms with E-state index in [1.54, 1.807) is 24.3 Å². The molecule has 1 heterocycles. The number of pyridine rings is 1. The first-order chi connectivity index (χ1) is 14.7. The summed E-state index contributed by atoms with van der Waals surface area (Å²) in [5.74, 6) is -0.489. The molecule has 0 radical (unpaired) electrons. The van der Waals surface area contributed by atoms with Crippen LogP contribution in [-0.2, 0) is 0 Å². The van der Waals surface area contributed by atoms with Crippen LogP contribution in [0.15, 0.2) is 103 Å². The molecule has 5 rings (SSSR count). The molecule has 5 aromatic rings. The zero-order valence-corrected chi connectivity index (χ0v) is 16.0. The Morgan fingerprint density at radius 3 is 1.43 bits per heavy atom. The average molecular weight is 393 g/mol. The van der Waals surface area contributed by atoms with Crippen molar-refractivity contribution in [1.29, 1.82) is 0 Å². The minimum atomic E-state index is -0.255. The topological polar surface area (TPSA) is 12.9 Å². The van der Waals surface area contributed by atoms with Crippen LogP contribution in [0.2, 0.25) is 0 Å². The summed E-state index contributed by atoms with van der Waals surface area (Å²) < 4.78 is 26.3. The maximum absolute atomic E-state index is 13.2. The normalized spacial score (nSPS) is 11.0. The Bertz CT molecular complexity index is 1320. The van der Waals surface area contributed by atoms with Gasteiger partial charge in [0.05, 0.1) is 5.69 Å². The summed E-state index contributed by atoms with van der Waals surface area (Å²) in [4.78, 5) is 4.54. The monoisotopic (exact) mass is 393 g/mol. The molecule has 0 aliphatic heterocycles. The van der Waals surface area contributed by atoms with E-state index < -0.39 is 0 Å². The predicted molar refractivity (Wildman–Crippen MR) is 118 cm³/mol. The molecule has 144 valence electrons. The number of aromatic nitrogens is 1. The van der Waals surface area contributed by atoms with Gasteiger partial charge in [-0.3, -0.25) is 4.98 Å². The molecule has 3 heteroatoms. The number of benzene rings is 4. The zero-order chi connectivity index (χ0) is 20.5. The van der Waals surface area contributed by atoms with Crippen molar-refractivity contribution in [2.45, 2.75) is 0 Å². The molecule has 0 saturated carbocycles. The Kier molecular flexibility index (Phi) is 4.56. The molecular formula is C27H17F2N. The summed E-state index contributed by atoms with van der Waals surface area (Å²) in [6, 6.07) is 29.4. The number of hydrogen-bond donors (Lipinski definition) is 0. The standard InChI is InChI=1S/C27H17F2N/c28-25-10-5-18(6-11-25)20-1-2-22-16-23(4-3-21(22)15-20)24-9-14-27(30-17-24)19-7-12-26(29)13-8-19/h1-17H. The van der Waals surface area contributed by atoms with E-state index in [0.717, 1.165) is 44.3 Å². The van der Waals surface area contributed by atoms with Crippen LogP contribution in [0.25, 0.3) is 44.3 Å². The van der Waals surface area contributed by atoms with Crippen molar-refractivity contribution in [2.24, 2.45) is 0 Å². The van der Waals surface area contributed by atoms with Gasteiger partial charge in [0.1, 0.15) is 11.6 Å². The van der Waals surface area contributed by atoms with Crippen molar-refractivity contribution in [1.82, 2.24) is 4.98 Å². The van der Waals surface area contributed by atoms with Crippen molar-refractivity contribution >= 4 is 10.8 Å². The Hall–Kier alpha value is -3.85. The van der Waals surface area contributed by atoms with Crippen LogP contribution >= 0.6 is 0 Å². The minimum absolute atomic E-state index is 0.233. The summed E-state index contributed by atoms with van der Waals surface area (Å²) in [6.45, 7) is 0. The first kappa shape index (κ1) is 18.2. The fraction of sp³-hybridized carbons (Fsp3) is 0. The van der Waals surface area contributed by atoms with E-state index in [1.165, 1.54) is 24.3 Å². The quantitative estimate of drug-likeness (QED) is 0.309. The van der Waals surface area contributed by atoms with Crippen LogP contribution in [0.3, 0.4) is 0 Å². The van der Waals surface area contributed by atoms with Crippen LogP contribution in [-0.4, -0.2) is 4.98 Å². The molecule has 0 N–H and O–H groups in total. The number of rotatable bonds is 3. The van der Waals surface area contributed by atoms with Crippen molar-refractivity contribution in [2.75, 3.05) is 0 Å². The molecule has 0 aliphatic carbocycles. The zero-order valence-electron chi connectivity index (χ0n) is 16.0. The summed E-state index contributed by atoms with van der Waals surface area (Å²) in [7, 11) is 0. The van der Waals surface area contributed by atoms with Gasteiger partial charge < -0.3 is 0 Å². The summed E-state index contributed by atoms with van der Waals surface area (Å²) >= 11 is 0. The predicted octanol–water partition coefficient (Wildman–Crippen LogP) is 7.51. The first-order valence-electron chi connectivity index (χ1n) is 9.68. The molecule has 30 heavy (non-hydrogen) atoms. The number of hydrogen-bond acceptors (Lipinski definition) is 1. The van der Waals surface area contributed by atoms with E-state index in [-0.39, 0.29) is 11.6 Å². The van der Waals surface area contributed by atoms with Gasteiger partial charge in [-0.15, -0.1) is 0 Å². The van der Waals surface area contributed by atoms with Gasteiger partial charge in [-0.1, -0.05) is 42.5 Å². The molecule has 0 aliphatic rings. The molecule has 0 fully saturated rings. The Labute approximate surface area is 173 Å². The van der Waals surface area contributed by atoms with E-state index in [2.05, 4.69) is 41.4 Å². The van der Waals surface area contributed by atoms with Gasteiger partial charge in [-0.2, -0.15) is 0 Å². The number of halogens is 2. The molecule has 1 nitrogen and oxygen atoms in total. The lowest BCUT2D eigenvalue weighted by atomic mass is 9.98. The fourth-order valence-corrected chi connectivity index (χ4v) is 3.60. The van der Waals surface area contributed by atoms with Crippen LogP contribution < -0.4 is 0 Å². The van der Waals surface area contributed by atoms with Crippen molar-refractivity contribution in [3.8, 4) is 33.5 Å². The van der Waals surface area contributed by atoms with E-state index in [0.29, 0.717) is 0 Å². The summed E-state index contributed by atoms with van der Waals surface area (Å²) in [6.07, 6.45) is 1.84. The molecular weight excluding hydrogens is 376 g/mol. The Balaban J connectivity index is 1.45. The highest BCUT2D eigenvalue weighted by Crippen LogP contribution is 2.29. The van der Waals surface area contributed by atoms with Gasteiger partial charge in [-0.25, -0.2) is 8.78 Å². The average Bonchev–Trinajstić information content (AvgIpc) is 2.79. The summed E-state index contributed by atoms with van der Waals surface area (Å²) in [5, 5.41) is 2.25. The highest BCUT2D eigenvalue weighted by molar-refractivity contribution is 5.90. The van der Waals surface area contributed by atoms with E-state index in [1.807, 2.05) is 18.3 Å². The summed E-state index contributed by atoms with van der Waals surface area (Å²) in [5.41, 5.74) is 5.84. The minimum Gasteiger partial charge on any atom is -0.256 e. The maximum atomic E-state index is 13.2. The number of nitrogens with zero attached hydrogens (tertiary/aromatic N) is 1. The fourth-order valence-electron chi connectivity index (χ4n) is 3.60. The van der Waals surface area contributed by atoms with Gasteiger partial charge in [0.2, 0.25) is 0 Å². The molecule has 1 aromatic heterocycles. The highest BCUT2D eigenvalue weighted by Gasteiger charge is 2.05. The first-order valence-corrected chi connectivity index (χ1v) is 9.68. The second kappa shape index (κ2) is 7.53. The Morgan fingerprint density at radius 1 is 0.433 bits per heavy atom. The second-order valence-electron chi connectivity index (χ2n) is 7.22. The third-order valence-electron chi connectivity index (χ3n) is 5.25. The van der Waals surface area contributed by atoms with Gasteiger partial charge in [-0.05, 0) is 82.1 Å². The molecule has 0 unspecified atom stereocenters. The van der Waals surface area contributed by atoms with Gasteiger partial charge >= 0.3 is 0 Å². The van der Waals surface area contributed by atoms with E-state index in [9.17, 15) is 8.78 Å². The molecule has 0 saturated heterocycles. The molecule has 0 atom stereocenters. The lowest BCUT2D eigenvalue weighted by Gasteiger charge is -2.08. The third kappa shape index (κ3) is 3.58. The van der Waals surface area contributed by atoms with Crippen LogP contribution in [0.5, 0.6) is 0 Å². The van der Waals surface area contributed by atoms with E-state index >= 15 is 0 Å². The van der Waals surface area contributed by atoms with Crippen LogP contribution in [0.1, 0.15) is 0 Å². The van der Waals surface area contributed by atoms with Crippen molar-refractivity contribution < 1.29 is 8.78 Å².